The van der Waals surface area contributed by atoms with Gasteiger partial charge < -0.3 is 15.7 Å². The third-order valence-electron chi connectivity index (χ3n) is 6.52. The Morgan fingerprint density at radius 2 is 1.60 bits per heavy atom. The number of halogens is 3. The molecule has 7 nitrogen and oxygen atoms in total. The van der Waals surface area contributed by atoms with Crippen LogP contribution in [0.5, 0.6) is 0 Å². The van der Waals surface area contributed by atoms with Gasteiger partial charge in [-0.25, -0.2) is 4.98 Å². The predicted octanol–water partition coefficient (Wildman–Crippen LogP) is 6.06. The number of carbonyl (C=O) groups is 3. The molecule has 1 aliphatic carbocycles. The first-order valence-electron chi connectivity index (χ1n) is 12.3. The number of anilines is 2. The molecule has 11 heteroatoms. The molecule has 40 heavy (non-hydrogen) atoms. The van der Waals surface area contributed by atoms with E-state index in [-0.39, 0.29) is 28.1 Å². The first-order chi connectivity index (χ1) is 19.1. The Labute approximate surface area is 230 Å². The molecule has 204 valence electrons. The van der Waals surface area contributed by atoms with Crippen LogP contribution in [0.15, 0.2) is 72.8 Å². The van der Waals surface area contributed by atoms with Crippen LogP contribution in [0.25, 0.3) is 10.6 Å². The van der Waals surface area contributed by atoms with Crippen LogP contribution in [0.2, 0.25) is 0 Å². The van der Waals surface area contributed by atoms with E-state index in [0.29, 0.717) is 29.1 Å². The van der Waals surface area contributed by atoms with E-state index < -0.39 is 30.0 Å². The Bertz CT molecular complexity index is 1580. The van der Waals surface area contributed by atoms with E-state index in [9.17, 15) is 32.7 Å². The summed E-state index contributed by atoms with van der Waals surface area (Å²) in [7, 11) is 0. The van der Waals surface area contributed by atoms with Crippen molar-refractivity contribution in [1.29, 1.82) is 0 Å². The summed E-state index contributed by atoms with van der Waals surface area (Å²) in [5.74, 6) is -2.28. The number of alkyl halides is 3. The van der Waals surface area contributed by atoms with E-state index in [2.05, 4.69) is 15.6 Å². The van der Waals surface area contributed by atoms with Crippen LogP contribution in [0, 0.1) is 5.92 Å². The maximum atomic E-state index is 13.1. The van der Waals surface area contributed by atoms with Crippen molar-refractivity contribution in [2.75, 3.05) is 10.6 Å². The molecule has 0 fully saturated rings. The lowest BCUT2D eigenvalue weighted by Crippen LogP contribution is -2.23. The third kappa shape index (κ3) is 5.89. The Morgan fingerprint density at radius 1 is 0.900 bits per heavy atom. The number of aliphatic carboxylic acids is 1. The van der Waals surface area contributed by atoms with Gasteiger partial charge in [-0.3, -0.25) is 14.4 Å². The van der Waals surface area contributed by atoms with Gasteiger partial charge in [0.05, 0.1) is 17.7 Å². The van der Waals surface area contributed by atoms with E-state index >= 15 is 0 Å². The van der Waals surface area contributed by atoms with Gasteiger partial charge in [-0.2, -0.15) is 13.2 Å². The van der Waals surface area contributed by atoms with Crippen LogP contribution in [0.3, 0.4) is 0 Å². The molecule has 4 aromatic rings. The number of nitrogens with zero attached hydrogens (tertiary/aromatic N) is 1. The van der Waals surface area contributed by atoms with Crippen LogP contribution >= 0.6 is 11.3 Å². The fraction of sp³-hybridized carbons (Fsp3) is 0.172. The van der Waals surface area contributed by atoms with Crippen molar-refractivity contribution >= 4 is 40.5 Å². The van der Waals surface area contributed by atoms with Gasteiger partial charge in [-0.05, 0) is 60.4 Å². The van der Waals surface area contributed by atoms with Crippen molar-refractivity contribution in [3.63, 3.8) is 0 Å². The highest BCUT2D eigenvalue weighted by atomic mass is 32.1. The highest BCUT2D eigenvalue weighted by Gasteiger charge is 2.32. The second-order valence-corrected chi connectivity index (χ2v) is 10.3. The molecule has 3 aromatic carbocycles. The van der Waals surface area contributed by atoms with Gasteiger partial charge in [0.15, 0.2) is 0 Å². The Morgan fingerprint density at radius 3 is 2.27 bits per heavy atom. The number of fused-ring (bicyclic) bond motifs is 1. The zero-order valence-electron chi connectivity index (χ0n) is 20.8. The SMILES string of the molecule is O=C(O)Cc1nc(-c2cccc3c2C[C@H](C(=O)Nc2ccccc2)C3)sc1C(=O)Nc1ccc(C(F)(F)F)cc1. The molecule has 3 N–H and O–H groups in total. The summed E-state index contributed by atoms with van der Waals surface area (Å²) in [6.07, 6.45) is -4.05. The topological polar surface area (TPSA) is 108 Å². The molecule has 5 rings (SSSR count). The van der Waals surface area contributed by atoms with Crippen molar-refractivity contribution in [3.05, 3.63) is 100 Å². The normalized spacial score (nSPS) is 14.4. The zero-order valence-corrected chi connectivity index (χ0v) is 21.6. The number of carboxylic acid groups (broad SMARTS) is 1. The molecule has 1 heterocycles. The lowest BCUT2D eigenvalue weighted by Gasteiger charge is -2.10. The summed E-state index contributed by atoms with van der Waals surface area (Å²) in [5, 5.41) is 15.3. The highest BCUT2D eigenvalue weighted by Crippen LogP contribution is 2.38. The Balaban J connectivity index is 1.39. The maximum Gasteiger partial charge on any atom is 0.416 e. The van der Waals surface area contributed by atoms with E-state index in [1.165, 1.54) is 0 Å². The quantitative estimate of drug-likeness (QED) is 0.252. The summed E-state index contributed by atoms with van der Waals surface area (Å²) >= 11 is 1.00. The van der Waals surface area contributed by atoms with Gasteiger partial charge in [-0.15, -0.1) is 11.3 Å². The standard InChI is InChI=1S/C29H22F3N3O4S/c30-29(31,32)18-9-11-20(12-10-18)34-27(39)25-23(15-24(36)37)35-28(40-25)21-8-4-5-16-13-17(14-22(16)21)26(38)33-19-6-2-1-3-7-19/h1-12,17H,13-15H2,(H,33,38)(H,34,39)(H,36,37)/t17-/m1/s1. The van der Waals surface area contributed by atoms with E-state index in [1.807, 2.05) is 48.5 Å². The van der Waals surface area contributed by atoms with E-state index in [0.717, 1.165) is 46.7 Å². The van der Waals surface area contributed by atoms with Gasteiger partial charge >= 0.3 is 12.1 Å². The Hall–Kier alpha value is -4.51. The van der Waals surface area contributed by atoms with E-state index in [4.69, 9.17) is 0 Å². The summed E-state index contributed by atoms with van der Waals surface area (Å²) in [6, 6.07) is 18.7. The smallest absolute Gasteiger partial charge is 0.416 e. The van der Waals surface area contributed by atoms with Gasteiger partial charge in [0.25, 0.3) is 5.91 Å². The minimum Gasteiger partial charge on any atom is -0.481 e. The second kappa shape index (κ2) is 10.9. The van der Waals surface area contributed by atoms with Crippen LogP contribution in [0.4, 0.5) is 24.5 Å². The third-order valence-corrected chi connectivity index (χ3v) is 7.65. The number of carbonyl (C=O) groups excluding carboxylic acids is 2. The summed E-state index contributed by atoms with van der Waals surface area (Å²) in [4.78, 5) is 42.1. The van der Waals surface area contributed by atoms with Crippen molar-refractivity contribution in [2.45, 2.75) is 25.4 Å². The minimum absolute atomic E-state index is 0.0471. The molecule has 0 bridgehead atoms. The lowest BCUT2D eigenvalue weighted by molar-refractivity contribution is -0.138. The molecule has 0 radical (unpaired) electrons. The first-order valence-corrected chi connectivity index (χ1v) is 13.1. The first kappa shape index (κ1) is 27.1. The molecular formula is C29H22F3N3O4S. The Kier molecular flexibility index (Phi) is 7.40. The van der Waals surface area contributed by atoms with Gasteiger partial charge in [0.1, 0.15) is 9.88 Å². The summed E-state index contributed by atoms with van der Waals surface area (Å²) in [6.45, 7) is 0. The van der Waals surface area contributed by atoms with Crippen LogP contribution in [0.1, 0.15) is 32.1 Å². The number of hydrogen-bond acceptors (Lipinski definition) is 5. The average molecular weight is 566 g/mol. The molecule has 0 saturated heterocycles. The number of amides is 2. The molecule has 0 aliphatic heterocycles. The minimum atomic E-state index is -4.51. The summed E-state index contributed by atoms with van der Waals surface area (Å²) in [5.41, 5.74) is 2.60. The van der Waals surface area contributed by atoms with Crippen molar-refractivity contribution in [3.8, 4) is 10.6 Å². The number of thiazole rings is 1. The second-order valence-electron chi connectivity index (χ2n) is 9.30. The number of carboxylic acids is 1. The van der Waals surface area contributed by atoms with Gasteiger partial charge in [0, 0.05) is 22.9 Å². The van der Waals surface area contributed by atoms with Crippen molar-refractivity contribution in [1.82, 2.24) is 4.98 Å². The van der Waals surface area contributed by atoms with Gasteiger partial charge in [-0.1, -0.05) is 36.4 Å². The number of rotatable bonds is 7. The maximum absolute atomic E-state index is 13.1. The molecular weight excluding hydrogens is 543 g/mol. The zero-order chi connectivity index (χ0) is 28.4. The molecule has 0 saturated carbocycles. The number of nitrogens with one attached hydrogen (secondary N) is 2. The van der Waals surface area contributed by atoms with Crippen LogP contribution in [-0.4, -0.2) is 27.9 Å². The predicted molar refractivity (Wildman–Crippen MR) is 144 cm³/mol. The number of hydrogen-bond donors (Lipinski definition) is 3. The number of benzene rings is 3. The molecule has 2 amide bonds. The largest absolute Gasteiger partial charge is 0.481 e. The molecule has 0 spiro atoms. The number of aromatic nitrogens is 1. The molecule has 1 aromatic heterocycles. The van der Waals surface area contributed by atoms with E-state index in [1.54, 1.807) is 0 Å². The van der Waals surface area contributed by atoms with Gasteiger partial charge in [0.2, 0.25) is 5.91 Å². The van der Waals surface area contributed by atoms with Crippen LogP contribution in [-0.2, 0) is 35.0 Å². The fourth-order valence-corrected chi connectivity index (χ4v) is 5.67. The van der Waals surface area contributed by atoms with Crippen molar-refractivity contribution in [2.24, 2.45) is 5.92 Å². The molecule has 1 aliphatic rings. The number of para-hydroxylation sites is 1. The van der Waals surface area contributed by atoms with Crippen LogP contribution < -0.4 is 10.6 Å². The summed E-state index contributed by atoms with van der Waals surface area (Å²) < 4.78 is 38.6. The lowest BCUT2D eigenvalue weighted by atomic mass is 10.0. The average Bonchev–Trinajstić information content (AvgIpc) is 3.53. The molecule has 1 atom stereocenters. The monoisotopic (exact) mass is 565 g/mol. The highest BCUT2D eigenvalue weighted by molar-refractivity contribution is 7.17. The molecule has 0 unspecified atom stereocenters. The fourth-order valence-electron chi connectivity index (χ4n) is 4.64. The van der Waals surface area contributed by atoms with Crippen molar-refractivity contribution < 1.29 is 32.7 Å².